The lowest BCUT2D eigenvalue weighted by Gasteiger charge is -2.26. The highest BCUT2D eigenvalue weighted by atomic mass is 14.9. The van der Waals surface area contributed by atoms with Crippen LogP contribution in [0, 0.1) is 11.3 Å². The van der Waals surface area contributed by atoms with E-state index in [0.29, 0.717) is 5.92 Å². The summed E-state index contributed by atoms with van der Waals surface area (Å²) in [6.45, 7) is 17.2. The molecule has 246 valence electrons. The van der Waals surface area contributed by atoms with Crippen molar-refractivity contribution in [2.24, 2.45) is 11.3 Å². The summed E-state index contributed by atoms with van der Waals surface area (Å²) in [6.07, 6.45) is 39.2. The summed E-state index contributed by atoms with van der Waals surface area (Å²) in [6, 6.07) is 21.3. The molecule has 2 atom stereocenters. The maximum atomic E-state index is 4.34. The van der Waals surface area contributed by atoms with E-state index in [4.69, 9.17) is 0 Å². The first-order chi connectivity index (χ1) is 23.3. The van der Waals surface area contributed by atoms with E-state index in [1.54, 1.807) is 0 Å². The number of hydrogen-bond donors (Lipinski definition) is 1. The normalized spacial score (nSPS) is 22.1. The van der Waals surface area contributed by atoms with Gasteiger partial charge < -0.3 is 5.32 Å². The molecule has 0 aromatic heterocycles. The fourth-order valence-electron chi connectivity index (χ4n) is 5.81. The van der Waals surface area contributed by atoms with Crippen LogP contribution in [0.25, 0.3) is 5.70 Å². The van der Waals surface area contributed by atoms with E-state index in [9.17, 15) is 0 Å². The highest BCUT2D eigenvalue weighted by Crippen LogP contribution is 2.32. The molecule has 0 amide bonds. The quantitative estimate of drug-likeness (QED) is 0.257. The molecule has 2 unspecified atom stereocenters. The van der Waals surface area contributed by atoms with Gasteiger partial charge in [-0.05, 0) is 95.1 Å². The summed E-state index contributed by atoms with van der Waals surface area (Å²) >= 11 is 0. The molecule has 48 heavy (non-hydrogen) atoms. The molecule has 0 radical (unpaired) electrons. The number of rotatable bonds is 10. The fraction of sp³-hybridized carbons (Fsp3) is 0.234. The second kappa shape index (κ2) is 18.5. The smallest absolute Gasteiger partial charge is 0.0707 e. The summed E-state index contributed by atoms with van der Waals surface area (Å²) in [5.74, 6) is 0.454. The molecule has 0 bridgehead atoms. The SMILES string of the molecule is C=C/C=C\C(=C/CC1=CC(C)C/C=C\C=C/C(=C)C(C)(C)CC=C1)C/C=C\C(=C/C)C1=CC(c2ccccc2)NC(c2ccccc2)=C1. The standard InChI is InChI=1S/C47H53N/c1-7-9-23-39(31-32-40-25-20-33-47(5,6)38(4)22-14-10-13-21-37(3)34-40)24-19-30-41(8-2)44-35-45(42-26-15-11-16-27-42)48-46(36-44)43-28-17-12-18-29-43/h7-20,22-23,25-31,34-37,45,48H,1,4,21,24,32-33H2,2-3,5-6H3/b13-10-,22-14-,23-9-,25-20?,30-19-,39-31+,40-34?,41-8+. The Labute approximate surface area is 291 Å². The Morgan fingerprint density at radius 3 is 2.42 bits per heavy atom. The minimum absolute atomic E-state index is 0.0105. The van der Waals surface area contributed by atoms with Gasteiger partial charge in [0.2, 0.25) is 0 Å². The molecule has 4 rings (SSSR count). The van der Waals surface area contributed by atoms with Crippen LogP contribution >= 0.6 is 0 Å². The van der Waals surface area contributed by atoms with Gasteiger partial charge in [0.05, 0.1) is 6.04 Å². The van der Waals surface area contributed by atoms with E-state index in [-0.39, 0.29) is 11.5 Å². The topological polar surface area (TPSA) is 12.0 Å². The monoisotopic (exact) mass is 631 g/mol. The van der Waals surface area contributed by atoms with Crippen LogP contribution in [-0.4, -0.2) is 0 Å². The zero-order chi connectivity index (χ0) is 34.2. The molecule has 2 aromatic rings. The van der Waals surface area contributed by atoms with E-state index < -0.39 is 0 Å². The Morgan fingerprint density at radius 2 is 1.69 bits per heavy atom. The van der Waals surface area contributed by atoms with Crippen LogP contribution < -0.4 is 5.32 Å². The van der Waals surface area contributed by atoms with Gasteiger partial charge in [0.25, 0.3) is 0 Å². The Bertz CT molecular complexity index is 1690. The highest BCUT2D eigenvalue weighted by molar-refractivity contribution is 5.72. The predicted molar refractivity (Wildman–Crippen MR) is 211 cm³/mol. The van der Waals surface area contributed by atoms with Gasteiger partial charge in [0.1, 0.15) is 0 Å². The van der Waals surface area contributed by atoms with Crippen LogP contribution in [0.5, 0.6) is 0 Å². The molecule has 1 aliphatic heterocycles. The number of allylic oxidation sites excluding steroid dienone is 20. The van der Waals surface area contributed by atoms with Gasteiger partial charge in [0, 0.05) is 5.70 Å². The van der Waals surface area contributed by atoms with Crippen molar-refractivity contribution in [3.05, 3.63) is 210 Å². The van der Waals surface area contributed by atoms with Crippen LogP contribution in [0.2, 0.25) is 0 Å². The molecule has 1 aliphatic carbocycles. The predicted octanol–water partition coefficient (Wildman–Crippen LogP) is 12.9. The van der Waals surface area contributed by atoms with Crippen molar-refractivity contribution < 1.29 is 0 Å². The average Bonchev–Trinajstić information content (AvgIpc) is 3.11. The molecule has 2 aliphatic rings. The molecular weight excluding hydrogens is 579 g/mol. The largest absolute Gasteiger partial charge is 0.374 e. The molecular formula is C47H53N. The average molecular weight is 632 g/mol. The van der Waals surface area contributed by atoms with Gasteiger partial charge in [-0.25, -0.2) is 0 Å². The summed E-state index contributed by atoms with van der Waals surface area (Å²) < 4.78 is 0. The van der Waals surface area contributed by atoms with Crippen LogP contribution in [0.15, 0.2) is 199 Å². The molecule has 1 nitrogen and oxygen atoms in total. The number of benzene rings is 2. The number of nitrogens with one attached hydrogen (secondary N) is 1. The van der Waals surface area contributed by atoms with E-state index >= 15 is 0 Å². The van der Waals surface area contributed by atoms with E-state index in [0.717, 1.165) is 37.0 Å². The van der Waals surface area contributed by atoms with Crippen LogP contribution in [0.3, 0.4) is 0 Å². The Balaban J connectivity index is 1.56. The van der Waals surface area contributed by atoms with Gasteiger partial charge in [-0.1, -0.05) is 180 Å². The zero-order valence-electron chi connectivity index (χ0n) is 29.4. The van der Waals surface area contributed by atoms with Crippen molar-refractivity contribution in [2.75, 3.05) is 0 Å². The second-order valence-corrected chi connectivity index (χ2v) is 13.3. The lowest BCUT2D eigenvalue weighted by Crippen LogP contribution is -2.22. The van der Waals surface area contributed by atoms with E-state index in [1.165, 1.54) is 33.4 Å². The Hall–Kier alpha value is -4.88. The number of hydrogen-bond acceptors (Lipinski definition) is 1. The highest BCUT2D eigenvalue weighted by Gasteiger charge is 2.19. The van der Waals surface area contributed by atoms with Gasteiger partial charge >= 0.3 is 0 Å². The first-order valence-electron chi connectivity index (χ1n) is 17.3. The minimum Gasteiger partial charge on any atom is -0.374 e. The second-order valence-electron chi connectivity index (χ2n) is 13.3. The molecule has 1 N–H and O–H groups in total. The summed E-state index contributed by atoms with van der Waals surface area (Å²) in [4.78, 5) is 0. The zero-order valence-corrected chi connectivity index (χ0v) is 29.4. The third-order valence-corrected chi connectivity index (χ3v) is 8.92. The minimum atomic E-state index is 0.0105. The fourth-order valence-corrected chi connectivity index (χ4v) is 5.81. The van der Waals surface area contributed by atoms with Crippen molar-refractivity contribution in [1.82, 2.24) is 5.32 Å². The maximum absolute atomic E-state index is 4.34. The lowest BCUT2D eigenvalue weighted by atomic mass is 9.81. The molecule has 1 heterocycles. The molecule has 2 aromatic carbocycles. The maximum Gasteiger partial charge on any atom is 0.0707 e. The van der Waals surface area contributed by atoms with Gasteiger partial charge in [-0.2, -0.15) is 0 Å². The third-order valence-electron chi connectivity index (χ3n) is 8.92. The lowest BCUT2D eigenvalue weighted by molar-refractivity contribution is 0.466. The molecule has 1 heteroatoms. The van der Waals surface area contributed by atoms with Crippen molar-refractivity contribution in [1.29, 1.82) is 0 Å². The van der Waals surface area contributed by atoms with Crippen molar-refractivity contribution in [2.45, 2.75) is 59.4 Å². The van der Waals surface area contributed by atoms with Gasteiger partial charge in [-0.15, -0.1) is 0 Å². The molecule has 0 spiro atoms. The van der Waals surface area contributed by atoms with E-state index in [2.05, 4.69) is 192 Å². The van der Waals surface area contributed by atoms with Crippen molar-refractivity contribution in [3.8, 4) is 0 Å². The van der Waals surface area contributed by atoms with E-state index in [1.807, 2.05) is 12.2 Å². The first-order valence-corrected chi connectivity index (χ1v) is 17.3. The summed E-state index contributed by atoms with van der Waals surface area (Å²) in [5, 5.41) is 3.76. The summed E-state index contributed by atoms with van der Waals surface area (Å²) in [5.41, 5.74) is 9.77. The van der Waals surface area contributed by atoms with Gasteiger partial charge in [-0.3, -0.25) is 0 Å². The van der Waals surface area contributed by atoms with Gasteiger partial charge in [0.15, 0.2) is 0 Å². The molecule has 0 fully saturated rings. The van der Waals surface area contributed by atoms with Crippen molar-refractivity contribution >= 4 is 5.70 Å². The Kier molecular flexibility index (Phi) is 13.8. The molecule has 0 saturated carbocycles. The van der Waals surface area contributed by atoms with Crippen LogP contribution in [-0.2, 0) is 0 Å². The molecule has 0 saturated heterocycles. The Morgan fingerprint density at radius 1 is 0.938 bits per heavy atom. The third kappa shape index (κ3) is 11.1. The van der Waals surface area contributed by atoms with Crippen LogP contribution in [0.1, 0.15) is 70.5 Å². The summed E-state index contributed by atoms with van der Waals surface area (Å²) in [7, 11) is 0. The van der Waals surface area contributed by atoms with Crippen molar-refractivity contribution in [3.63, 3.8) is 0 Å². The number of dihydropyridines is 1. The first kappa shape index (κ1) is 36.0. The van der Waals surface area contributed by atoms with Crippen LogP contribution in [0.4, 0.5) is 0 Å².